The highest BCUT2D eigenvalue weighted by Crippen LogP contribution is 2.26. The molecule has 0 spiro atoms. The van der Waals surface area contributed by atoms with Crippen molar-refractivity contribution in [1.29, 1.82) is 0 Å². The molecule has 3 heteroatoms. The van der Waals surface area contributed by atoms with E-state index in [-0.39, 0.29) is 0 Å². The van der Waals surface area contributed by atoms with Crippen LogP contribution in [0.3, 0.4) is 0 Å². The van der Waals surface area contributed by atoms with Gasteiger partial charge < -0.3 is 10.6 Å². The zero-order chi connectivity index (χ0) is 13.0. The van der Waals surface area contributed by atoms with E-state index in [1.165, 1.54) is 32.1 Å². The predicted octanol–water partition coefficient (Wildman–Crippen LogP) is 2.69. The van der Waals surface area contributed by atoms with Crippen molar-refractivity contribution in [2.45, 2.75) is 76.8 Å². The molecule has 2 N–H and O–H groups in total. The number of nitrogens with two attached hydrogens (primary N) is 1. The normalized spacial score (nSPS) is 31.8. The molecule has 1 saturated heterocycles. The molecule has 3 nitrogen and oxygen atoms in total. The summed E-state index contributed by atoms with van der Waals surface area (Å²) in [5.41, 5.74) is 5.97. The third kappa shape index (κ3) is 3.47. The van der Waals surface area contributed by atoms with Crippen LogP contribution in [-0.2, 0) is 4.79 Å². The van der Waals surface area contributed by atoms with Gasteiger partial charge in [-0.3, -0.25) is 4.79 Å². The van der Waals surface area contributed by atoms with E-state index in [2.05, 4.69) is 11.8 Å². The van der Waals surface area contributed by atoms with E-state index in [0.29, 0.717) is 23.9 Å². The molecule has 2 rings (SSSR count). The second kappa shape index (κ2) is 6.55. The molecule has 0 aromatic heterocycles. The number of nitrogens with zero attached hydrogens (tertiary/aromatic N) is 1. The zero-order valence-corrected chi connectivity index (χ0v) is 11.7. The van der Waals surface area contributed by atoms with Crippen molar-refractivity contribution in [3.8, 4) is 0 Å². The molecule has 0 aromatic carbocycles. The average molecular weight is 252 g/mol. The Morgan fingerprint density at radius 3 is 2.28 bits per heavy atom. The van der Waals surface area contributed by atoms with Crippen LogP contribution in [-0.4, -0.2) is 29.4 Å². The van der Waals surface area contributed by atoms with Crippen molar-refractivity contribution in [1.82, 2.24) is 4.90 Å². The molecule has 2 fully saturated rings. The Hall–Kier alpha value is -0.570. The SMILES string of the molecule is CC1CC(N)CCN1C(=O)C1CCCCCCC1. The molecular weight excluding hydrogens is 224 g/mol. The molecule has 2 aliphatic rings. The first-order valence-corrected chi connectivity index (χ1v) is 7.74. The first-order chi connectivity index (χ1) is 8.68. The lowest BCUT2D eigenvalue weighted by Gasteiger charge is -2.38. The Bertz CT molecular complexity index is 272. The van der Waals surface area contributed by atoms with E-state index in [9.17, 15) is 4.79 Å². The number of hydrogen-bond acceptors (Lipinski definition) is 2. The quantitative estimate of drug-likeness (QED) is 0.780. The molecule has 18 heavy (non-hydrogen) atoms. The van der Waals surface area contributed by atoms with Crippen molar-refractivity contribution in [2.75, 3.05) is 6.54 Å². The van der Waals surface area contributed by atoms with Crippen LogP contribution in [0, 0.1) is 5.92 Å². The van der Waals surface area contributed by atoms with Gasteiger partial charge in [-0.1, -0.05) is 32.1 Å². The van der Waals surface area contributed by atoms with Crippen LogP contribution in [0.25, 0.3) is 0 Å². The lowest BCUT2D eigenvalue weighted by molar-refractivity contribution is -0.139. The fourth-order valence-corrected chi connectivity index (χ4v) is 3.47. The fourth-order valence-electron chi connectivity index (χ4n) is 3.47. The summed E-state index contributed by atoms with van der Waals surface area (Å²) in [4.78, 5) is 14.7. The van der Waals surface area contributed by atoms with E-state index in [0.717, 1.165) is 32.2 Å². The van der Waals surface area contributed by atoms with Gasteiger partial charge in [-0.25, -0.2) is 0 Å². The minimum Gasteiger partial charge on any atom is -0.340 e. The molecular formula is C15H28N2O. The fraction of sp³-hybridized carbons (Fsp3) is 0.933. The minimum absolute atomic E-state index is 0.293. The molecule has 1 amide bonds. The van der Waals surface area contributed by atoms with Gasteiger partial charge in [0.1, 0.15) is 0 Å². The van der Waals surface area contributed by atoms with Crippen LogP contribution in [0.1, 0.15) is 64.7 Å². The minimum atomic E-state index is 0.293. The molecule has 2 unspecified atom stereocenters. The lowest BCUT2D eigenvalue weighted by atomic mass is 9.88. The first kappa shape index (κ1) is 13.9. The number of carbonyl (C=O) groups is 1. The Labute approximate surface area is 111 Å². The molecule has 104 valence electrons. The number of hydrogen-bond donors (Lipinski definition) is 1. The highest BCUT2D eigenvalue weighted by molar-refractivity contribution is 5.79. The van der Waals surface area contributed by atoms with Gasteiger partial charge in [0, 0.05) is 24.5 Å². The topological polar surface area (TPSA) is 46.3 Å². The first-order valence-electron chi connectivity index (χ1n) is 7.74. The molecule has 1 heterocycles. The van der Waals surface area contributed by atoms with E-state index in [1.807, 2.05) is 0 Å². The van der Waals surface area contributed by atoms with Gasteiger partial charge in [0.2, 0.25) is 5.91 Å². The third-order valence-electron chi connectivity index (χ3n) is 4.65. The van der Waals surface area contributed by atoms with Crippen molar-refractivity contribution in [3.63, 3.8) is 0 Å². The average Bonchev–Trinajstić information content (AvgIpc) is 2.27. The van der Waals surface area contributed by atoms with Crippen LogP contribution in [0.4, 0.5) is 0 Å². The number of rotatable bonds is 1. The second-order valence-electron chi connectivity index (χ2n) is 6.21. The van der Waals surface area contributed by atoms with Crippen LogP contribution in [0.5, 0.6) is 0 Å². The van der Waals surface area contributed by atoms with Crippen molar-refractivity contribution in [3.05, 3.63) is 0 Å². The van der Waals surface area contributed by atoms with Crippen molar-refractivity contribution in [2.24, 2.45) is 11.7 Å². The van der Waals surface area contributed by atoms with Crippen LogP contribution in [0.15, 0.2) is 0 Å². The zero-order valence-electron chi connectivity index (χ0n) is 11.7. The maximum absolute atomic E-state index is 12.6. The maximum Gasteiger partial charge on any atom is 0.225 e. The molecule has 0 bridgehead atoms. The molecule has 0 radical (unpaired) electrons. The largest absolute Gasteiger partial charge is 0.340 e. The van der Waals surface area contributed by atoms with Gasteiger partial charge >= 0.3 is 0 Å². The lowest BCUT2D eigenvalue weighted by Crippen LogP contribution is -2.50. The highest BCUT2D eigenvalue weighted by Gasteiger charge is 2.31. The molecule has 1 aliphatic carbocycles. The second-order valence-corrected chi connectivity index (χ2v) is 6.21. The summed E-state index contributed by atoms with van der Waals surface area (Å²) in [5.74, 6) is 0.707. The summed E-state index contributed by atoms with van der Waals surface area (Å²) in [6.07, 6.45) is 10.6. The summed E-state index contributed by atoms with van der Waals surface area (Å²) in [6.45, 7) is 3.03. The van der Waals surface area contributed by atoms with Crippen LogP contribution >= 0.6 is 0 Å². The third-order valence-corrected chi connectivity index (χ3v) is 4.65. The van der Waals surface area contributed by atoms with Crippen molar-refractivity contribution < 1.29 is 4.79 Å². The van der Waals surface area contributed by atoms with Gasteiger partial charge in [-0.05, 0) is 32.6 Å². The Kier molecular flexibility index (Phi) is 5.04. The number of amides is 1. The van der Waals surface area contributed by atoms with Gasteiger partial charge in [0.15, 0.2) is 0 Å². The number of piperidine rings is 1. The summed E-state index contributed by atoms with van der Waals surface area (Å²) in [7, 11) is 0. The van der Waals surface area contributed by atoms with Gasteiger partial charge in [0.05, 0.1) is 0 Å². The van der Waals surface area contributed by atoms with Crippen LogP contribution < -0.4 is 5.73 Å². The highest BCUT2D eigenvalue weighted by atomic mass is 16.2. The number of carbonyl (C=O) groups excluding carboxylic acids is 1. The molecule has 2 atom stereocenters. The number of likely N-dealkylation sites (tertiary alicyclic amines) is 1. The molecule has 0 aromatic rings. The van der Waals surface area contributed by atoms with Crippen molar-refractivity contribution >= 4 is 5.91 Å². The maximum atomic E-state index is 12.6. The van der Waals surface area contributed by atoms with E-state index < -0.39 is 0 Å². The van der Waals surface area contributed by atoms with Crippen LogP contribution in [0.2, 0.25) is 0 Å². The monoisotopic (exact) mass is 252 g/mol. The smallest absolute Gasteiger partial charge is 0.225 e. The summed E-state index contributed by atoms with van der Waals surface area (Å²) in [5, 5.41) is 0. The van der Waals surface area contributed by atoms with Gasteiger partial charge in [-0.2, -0.15) is 0 Å². The van der Waals surface area contributed by atoms with Gasteiger partial charge in [-0.15, -0.1) is 0 Å². The Balaban J connectivity index is 1.92. The summed E-state index contributed by atoms with van der Waals surface area (Å²) >= 11 is 0. The Morgan fingerprint density at radius 2 is 1.67 bits per heavy atom. The van der Waals surface area contributed by atoms with E-state index in [1.54, 1.807) is 0 Å². The summed E-state index contributed by atoms with van der Waals surface area (Å²) < 4.78 is 0. The molecule has 1 saturated carbocycles. The van der Waals surface area contributed by atoms with E-state index >= 15 is 0 Å². The van der Waals surface area contributed by atoms with Gasteiger partial charge in [0.25, 0.3) is 0 Å². The Morgan fingerprint density at radius 1 is 1.06 bits per heavy atom. The summed E-state index contributed by atoms with van der Waals surface area (Å²) in [6, 6.07) is 0.632. The predicted molar refractivity (Wildman–Crippen MR) is 74.2 cm³/mol. The standard InChI is InChI=1S/C15H28N2O/c1-12-11-14(16)9-10-17(12)15(18)13-7-5-3-2-4-6-8-13/h12-14H,2-11,16H2,1H3. The molecule has 1 aliphatic heterocycles. The van der Waals surface area contributed by atoms with E-state index in [4.69, 9.17) is 5.73 Å².